The maximum absolute atomic E-state index is 7.01. The van der Waals surface area contributed by atoms with Crippen LogP contribution >= 0.6 is 0 Å². The van der Waals surface area contributed by atoms with Gasteiger partial charge in [0, 0.05) is 27.7 Å². The van der Waals surface area contributed by atoms with Crippen LogP contribution in [0.4, 0.5) is 0 Å². The first-order valence-corrected chi connectivity index (χ1v) is 15.9. The van der Waals surface area contributed by atoms with Gasteiger partial charge in [-0.1, -0.05) is 110 Å². The number of ether oxygens (including phenoxy) is 4. The average Bonchev–Trinajstić information content (AvgIpc) is 3.58. The highest BCUT2D eigenvalue weighted by Gasteiger charge is 2.50. The molecule has 2 aliphatic carbocycles. The van der Waals surface area contributed by atoms with E-state index in [-0.39, 0.29) is 5.41 Å². The van der Waals surface area contributed by atoms with E-state index >= 15 is 0 Å². The highest BCUT2D eigenvalue weighted by molar-refractivity contribution is 5.97. The van der Waals surface area contributed by atoms with E-state index in [1.165, 1.54) is 49.4 Å². The van der Waals surface area contributed by atoms with Crippen molar-refractivity contribution in [2.45, 2.75) is 24.9 Å². The molecule has 2 aliphatic heterocycles. The molecule has 6 aromatic carbocycles. The molecule has 2 heterocycles. The molecule has 2 fully saturated rings. The maximum Gasteiger partial charge on any atom is 0.223 e. The van der Waals surface area contributed by atoms with Crippen molar-refractivity contribution in [3.05, 3.63) is 143 Å². The van der Waals surface area contributed by atoms with E-state index in [1.54, 1.807) is 0 Å². The third-order valence-electron chi connectivity index (χ3n) is 10.4. The highest BCUT2D eigenvalue weighted by Crippen LogP contribution is 2.53. The molecule has 10 rings (SSSR count). The van der Waals surface area contributed by atoms with Gasteiger partial charge in [0.15, 0.2) is 0 Å². The molecule has 4 nitrogen and oxygen atoms in total. The van der Waals surface area contributed by atoms with E-state index in [0.29, 0.717) is 26.4 Å². The molecule has 2 saturated heterocycles. The highest BCUT2D eigenvalue weighted by atomic mass is 16.7. The fourth-order valence-corrected chi connectivity index (χ4v) is 8.34. The van der Waals surface area contributed by atoms with E-state index in [9.17, 15) is 0 Å². The molecule has 0 atom stereocenters. The summed E-state index contributed by atoms with van der Waals surface area (Å²) in [6.07, 6.45) is 0.821. The summed E-state index contributed by atoms with van der Waals surface area (Å²) in [7, 11) is 0. The smallest absolute Gasteiger partial charge is 0.223 e. The Morgan fingerprint density at radius 2 is 1.13 bits per heavy atom. The Kier molecular flexibility index (Phi) is 5.26. The van der Waals surface area contributed by atoms with Crippen LogP contribution in [0, 0.1) is 5.41 Å². The van der Waals surface area contributed by atoms with Gasteiger partial charge in [0.1, 0.15) is 0 Å². The molecule has 0 saturated carbocycles. The van der Waals surface area contributed by atoms with Crippen LogP contribution in [-0.2, 0) is 36.9 Å². The Bertz CT molecular complexity index is 2180. The van der Waals surface area contributed by atoms with Crippen molar-refractivity contribution in [2.75, 3.05) is 26.4 Å². The average molecular weight is 589 g/mol. The molecule has 0 amide bonds. The molecule has 4 bridgehead atoms. The van der Waals surface area contributed by atoms with E-state index in [1.807, 2.05) is 0 Å². The predicted octanol–water partition coefficient (Wildman–Crippen LogP) is 8.70. The molecule has 4 aliphatic rings. The maximum atomic E-state index is 7.01. The lowest BCUT2D eigenvalue weighted by molar-refractivity contribution is -0.286. The molecular formula is C41H32O4. The minimum Gasteiger partial charge on any atom is -0.341 e. The van der Waals surface area contributed by atoms with E-state index in [2.05, 4.69) is 122 Å². The standard InChI is InChI=1S/C41H32O4/c1-39(24-44-41(45-25-39)31-12-5-8-27(22-31)34-16-15-26-7-2-3-13-33(26)37(34)41)23-29-10-6-14-36-32(29)17-18-35-28-9-4-11-30(21-28)40(38(35)36)42-19-20-43-40/h2-18,21-22H,19-20,23-25H2,1H3. The number of fused-ring (bicyclic) bond motifs is 16. The molecule has 4 heteroatoms. The molecule has 220 valence electrons. The molecule has 2 spiro atoms. The Balaban J connectivity index is 1.04. The lowest BCUT2D eigenvalue weighted by Gasteiger charge is -2.47. The van der Waals surface area contributed by atoms with Crippen LogP contribution in [0.5, 0.6) is 0 Å². The molecule has 0 aromatic heterocycles. The SMILES string of the molecule is CC1(Cc2cccc3c4c(ccc23)-c2cccc(c2)C42OCCO2)COC2(OC1)c1cccc(c1)-c1ccc3ccccc3c12. The van der Waals surface area contributed by atoms with E-state index in [4.69, 9.17) is 18.9 Å². The van der Waals surface area contributed by atoms with Gasteiger partial charge >= 0.3 is 0 Å². The molecule has 45 heavy (non-hydrogen) atoms. The van der Waals surface area contributed by atoms with E-state index < -0.39 is 11.6 Å². The van der Waals surface area contributed by atoms with Gasteiger partial charge in [-0.25, -0.2) is 0 Å². The summed E-state index contributed by atoms with van der Waals surface area (Å²) in [5.74, 6) is -1.79. The van der Waals surface area contributed by atoms with Crippen LogP contribution in [0.1, 0.15) is 34.7 Å². The third-order valence-corrected chi connectivity index (χ3v) is 10.4. The molecule has 0 N–H and O–H groups in total. The Labute approximate surface area is 262 Å². The van der Waals surface area contributed by atoms with Gasteiger partial charge in [-0.3, -0.25) is 0 Å². The quantitative estimate of drug-likeness (QED) is 0.203. The Morgan fingerprint density at radius 1 is 0.533 bits per heavy atom. The molecule has 0 unspecified atom stereocenters. The van der Waals surface area contributed by atoms with Crippen molar-refractivity contribution in [1.82, 2.24) is 0 Å². The van der Waals surface area contributed by atoms with Gasteiger partial charge in [-0.15, -0.1) is 0 Å². The fourth-order valence-electron chi connectivity index (χ4n) is 8.34. The van der Waals surface area contributed by atoms with Crippen molar-refractivity contribution < 1.29 is 18.9 Å². The number of benzene rings is 6. The van der Waals surface area contributed by atoms with Crippen molar-refractivity contribution in [3.8, 4) is 22.3 Å². The first kappa shape index (κ1) is 26.0. The van der Waals surface area contributed by atoms with Gasteiger partial charge in [0.05, 0.1) is 26.4 Å². The van der Waals surface area contributed by atoms with Gasteiger partial charge in [-0.2, -0.15) is 0 Å². The summed E-state index contributed by atoms with van der Waals surface area (Å²) in [6.45, 7) is 4.59. The Hall–Kier alpha value is -4.32. The minimum atomic E-state index is -0.932. The monoisotopic (exact) mass is 588 g/mol. The molecule has 6 aromatic rings. The van der Waals surface area contributed by atoms with Crippen LogP contribution in [0.2, 0.25) is 0 Å². The summed E-state index contributed by atoms with van der Waals surface area (Å²) >= 11 is 0. The van der Waals surface area contributed by atoms with Crippen LogP contribution in [-0.4, -0.2) is 26.4 Å². The minimum absolute atomic E-state index is 0.225. The zero-order chi connectivity index (χ0) is 29.8. The fraction of sp³-hybridized carbons (Fsp3) is 0.220. The predicted molar refractivity (Wildman–Crippen MR) is 176 cm³/mol. The normalized spacial score (nSPS) is 23.8. The number of hydrogen-bond donors (Lipinski definition) is 0. The zero-order valence-electron chi connectivity index (χ0n) is 25.1. The first-order valence-electron chi connectivity index (χ1n) is 15.9. The van der Waals surface area contributed by atoms with Gasteiger partial charge in [0.2, 0.25) is 11.6 Å². The Morgan fingerprint density at radius 3 is 1.87 bits per heavy atom. The van der Waals surface area contributed by atoms with Gasteiger partial charge in [-0.05, 0) is 67.9 Å². The lowest BCUT2D eigenvalue weighted by atomic mass is 9.77. The number of hydrogen-bond acceptors (Lipinski definition) is 4. The van der Waals surface area contributed by atoms with Crippen molar-refractivity contribution in [2.24, 2.45) is 5.41 Å². The lowest BCUT2D eigenvalue weighted by Crippen LogP contribution is -2.49. The van der Waals surface area contributed by atoms with Crippen LogP contribution in [0.3, 0.4) is 0 Å². The summed E-state index contributed by atoms with van der Waals surface area (Å²) in [4.78, 5) is 0. The molecular weight excluding hydrogens is 556 g/mol. The number of rotatable bonds is 2. The second-order valence-corrected chi connectivity index (χ2v) is 13.4. The summed E-state index contributed by atoms with van der Waals surface area (Å²) < 4.78 is 26.9. The van der Waals surface area contributed by atoms with Gasteiger partial charge in [0.25, 0.3) is 0 Å². The van der Waals surface area contributed by atoms with Crippen molar-refractivity contribution >= 4 is 21.5 Å². The second-order valence-electron chi connectivity index (χ2n) is 13.4. The van der Waals surface area contributed by atoms with Gasteiger partial charge < -0.3 is 18.9 Å². The molecule has 0 radical (unpaired) electrons. The van der Waals surface area contributed by atoms with Crippen LogP contribution < -0.4 is 0 Å². The summed E-state index contributed by atoms with van der Waals surface area (Å²) in [5, 5.41) is 4.78. The van der Waals surface area contributed by atoms with Crippen molar-refractivity contribution in [1.29, 1.82) is 0 Å². The topological polar surface area (TPSA) is 36.9 Å². The first-order chi connectivity index (χ1) is 22.1. The third kappa shape index (κ3) is 3.51. The zero-order valence-corrected chi connectivity index (χ0v) is 25.1. The van der Waals surface area contributed by atoms with E-state index in [0.717, 1.165) is 28.7 Å². The second kappa shape index (κ2) is 9.12. The summed E-state index contributed by atoms with van der Waals surface area (Å²) in [6, 6.07) is 41.4. The van der Waals surface area contributed by atoms with Crippen LogP contribution in [0.15, 0.2) is 115 Å². The van der Waals surface area contributed by atoms with Crippen LogP contribution in [0.25, 0.3) is 43.8 Å². The largest absolute Gasteiger partial charge is 0.341 e. The summed E-state index contributed by atoms with van der Waals surface area (Å²) in [5.41, 5.74) is 10.2. The van der Waals surface area contributed by atoms with Crippen molar-refractivity contribution in [3.63, 3.8) is 0 Å².